The Kier molecular flexibility index (Phi) is 5.72. The first-order chi connectivity index (χ1) is 15.9. The Balaban J connectivity index is 1.40. The summed E-state index contributed by atoms with van der Waals surface area (Å²) in [6.45, 7) is 1.62. The molecule has 0 radical (unpaired) electrons. The number of aryl methyl sites for hydroxylation is 1. The lowest BCUT2D eigenvalue weighted by Gasteiger charge is -2.32. The fourth-order valence-electron chi connectivity index (χ4n) is 4.76. The van der Waals surface area contributed by atoms with Crippen LogP contribution in [0.25, 0.3) is 22.4 Å². The molecule has 4 nitrogen and oxygen atoms in total. The zero-order chi connectivity index (χ0) is 23.0. The molecule has 0 fully saturated rings. The van der Waals surface area contributed by atoms with Gasteiger partial charge in [0.15, 0.2) is 0 Å². The number of H-pyrrole nitrogens is 1. The van der Waals surface area contributed by atoms with E-state index in [4.69, 9.17) is 10.1 Å². The second kappa shape index (κ2) is 8.69. The van der Waals surface area contributed by atoms with Gasteiger partial charge < -0.3 is 10.1 Å². The highest BCUT2D eigenvalue weighted by molar-refractivity contribution is 5.80. The monoisotopic (exact) mass is 447 g/mol. The molecule has 1 aromatic heterocycles. The summed E-state index contributed by atoms with van der Waals surface area (Å²) in [6.07, 6.45) is 1.51. The fraction of sp³-hybridized carbons (Fsp3) is 0.296. The molecule has 0 atom stereocenters. The number of hydrogen-bond acceptors (Lipinski definition) is 3. The minimum absolute atomic E-state index is 0.411. The van der Waals surface area contributed by atoms with Gasteiger partial charge in [-0.05, 0) is 65.8 Å². The highest BCUT2D eigenvalue weighted by Crippen LogP contribution is 2.29. The highest BCUT2D eigenvalue weighted by Gasteiger charge is 2.32. The third kappa shape index (κ3) is 4.54. The minimum Gasteiger partial charge on any atom is -0.390 e. The molecular weight excluding hydrogens is 420 g/mol. The van der Waals surface area contributed by atoms with E-state index in [2.05, 4.69) is 36.2 Å². The van der Waals surface area contributed by atoms with E-state index in [1.807, 2.05) is 36.4 Å². The van der Waals surface area contributed by atoms with Crippen LogP contribution in [-0.4, -0.2) is 45.6 Å². The Bertz CT molecular complexity index is 1260. The maximum Gasteiger partial charge on any atom is 0.283 e. The molecule has 2 N–H and O–H groups in total. The molecule has 0 saturated carbocycles. The molecular formula is C27H27F2N3O. The summed E-state index contributed by atoms with van der Waals surface area (Å²) in [6, 6.07) is 20.7. The first kappa shape index (κ1) is 21.7. The topological polar surface area (TPSA) is 52.1 Å². The second-order valence-corrected chi connectivity index (χ2v) is 8.96. The van der Waals surface area contributed by atoms with Crippen molar-refractivity contribution in [3.8, 4) is 11.4 Å². The molecule has 33 heavy (non-hydrogen) atoms. The van der Waals surface area contributed by atoms with Gasteiger partial charge >= 0.3 is 0 Å². The number of aliphatic hydroxyl groups excluding tert-OH is 1. The van der Waals surface area contributed by atoms with Crippen LogP contribution in [0, 0.1) is 6.92 Å². The van der Waals surface area contributed by atoms with Crippen molar-refractivity contribution in [3.63, 3.8) is 0 Å². The number of benzene rings is 3. The Morgan fingerprint density at radius 2 is 1.94 bits per heavy atom. The van der Waals surface area contributed by atoms with E-state index in [1.54, 1.807) is 4.90 Å². The summed E-state index contributed by atoms with van der Waals surface area (Å²) < 4.78 is 27.3. The average molecular weight is 448 g/mol. The molecule has 1 aliphatic heterocycles. The van der Waals surface area contributed by atoms with Gasteiger partial charge in [0.2, 0.25) is 0 Å². The van der Waals surface area contributed by atoms with Crippen LogP contribution < -0.4 is 0 Å². The first-order valence-electron chi connectivity index (χ1n) is 11.3. The van der Waals surface area contributed by atoms with E-state index in [1.165, 1.54) is 16.7 Å². The van der Waals surface area contributed by atoms with Gasteiger partial charge in [-0.2, -0.15) is 0 Å². The summed E-state index contributed by atoms with van der Waals surface area (Å²) in [5.41, 5.74) is 9.00. The first-order valence-corrected chi connectivity index (χ1v) is 11.3. The number of rotatable bonds is 6. The third-order valence-electron chi connectivity index (χ3n) is 6.47. The van der Waals surface area contributed by atoms with Crippen molar-refractivity contribution in [3.05, 3.63) is 88.5 Å². The van der Waals surface area contributed by atoms with Crippen LogP contribution in [0.3, 0.4) is 0 Å². The zero-order valence-electron chi connectivity index (χ0n) is 18.6. The SMILES string of the molecule is Cc1ccc(Cc2cccc3c2CCN(CC(F)(F)CO)C3)cc1-c1nc2ccccc2[nH]1. The smallest absolute Gasteiger partial charge is 0.283 e. The van der Waals surface area contributed by atoms with Crippen LogP contribution >= 0.6 is 0 Å². The summed E-state index contributed by atoms with van der Waals surface area (Å²) in [5, 5.41) is 8.91. The summed E-state index contributed by atoms with van der Waals surface area (Å²) >= 11 is 0. The van der Waals surface area contributed by atoms with Crippen LogP contribution in [0.1, 0.15) is 27.8 Å². The van der Waals surface area contributed by atoms with E-state index in [0.29, 0.717) is 13.1 Å². The lowest BCUT2D eigenvalue weighted by molar-refractivity contribution is -0.0750. The number of imidazole rings is 1. The summed E-state index contributed by atoms with van der Waals surface area (Å²) in [4.78, 5) is 9.92. The summed E-state index contributed by atoms with van der Waals surface area (Å²) in [5.74, 6) is -2.20. The number of nitrogens with zero attached hydrogens (tertiary/aromatic N) is 2. The Labute approximate surface area is 191 Å². The van der Waals surface area contributed by atoms with Gasteiger partial charge in [-0.25, -0.2) is 13.8 Å². The number of nitrogens with one attached hydrogen (secondary N) is 1. The number of fused-ring (bicyclic) bond motifs is 2. The number of alkyl halides is 2. The van der Waals surface area contributed by atoms with Crippen molar-refractivity contribution in [1.82, 2.24) is 14.9 Å². The van der Waals surface area contributed by atoms with Crippen molar-refractivity contribution in [2.24, 2.45) is 0 Å². The van der Waals surface area contributed by atoms with Crippen LogP contribution in [0.15, 0.2) is 60.7 Å². The quantitative estimate of drug-likeness (QED) is 0.432. The van der Waals surface area contributed by atoms with Gasteiger partial charge in [-0.1, -0.05) is 42.5 Å². The fourth-order valence-corrected chi connectivity index (χ4v) is 4.76. The molecule has 2 heterocycles. The largest absolute Gasteiger partial charge is 0.390 e. The van der Waals surface area contributed by atoms with E-state index in [0.717, 1.165) is 46.4 Å². The van der Waals surface area contributed by atoms with Crippen LogP contribution in [0.2, 0.25) is 0 Å². The molecule has 0 spiro atoms. The van der Waals surface area contributed by atoms with Crippen LogP contribution in [0.5, 0.6) is 0 Å². The number of aliphatic hydroxyl groups is 1. The lowest BCUT2D eigenvalue weighted by atomic mass is 9.90. The zero-order valence-corrected chi connectivity index (χ0v) is 18.6. The van der Waals surface area contributed by atoms with Gasteiger partial charge in [0, 0.05) is 18.7 Å². The Morgan fingerprint density at radius 3 is 2.76 bits per heavy atom. The molecule has 6 heteroatoms. The predicted molar refractivity (Wildman–Crippen MR) is 127 cm³/mol. The lowest BCUT2D eigenvalue weighted by Crippen LogP contribution is -2.42. The molecule has 0 amide bonds. The molecule has 3 aromatic carbocycles. The number of para-hydroxylation sites is 2. The molecule has 170 valence electrons. The molecule has 1 aliphatic rings. The number of halogens is 2. The molecule has 0 saturated heterocycles. The molecule has 4 aromatic rings. The summed E-state index contributed by atoms with van der Waals surface area (Å²) in [7, 11) is 0. The second-order valence-electron chi connectivity index (χ2n) is 8.96. The van der Waals surface area contributed by atoms with Crippen molar-refractivity contribution >= 4 is 11.0 Å². The van der Waals surface area contributed by atoms with Gasteiger partial charge in [-0.15, -0.1) is 0 Å². The van der Waals surface area contributed by atoms with Crippen LogP contribution in [-0.2, 0) is 19.4 Å². The normalized spacial score (nSPS) is 14.5. The predicted octanol–water partition coefficient (Wildman–Crippen LogP) is 5.11. The highest BCUT2D eigenvalue weighted by atomic mass is 19.3. The van der Waals surface area contributed by atoms with E-state index in [9.17, 15) is 8.78 Å². The maximum atomic E-state index is 13.7. The Morgan fingerprint density at radius 1 is 1.09 bits per heavy atom. The number of aromatic nitrogens is 2. The van der Waals surface area contributed by atoms with Crippen molar-refractivity contribution in [2.75, 3.05) is 19.7 Å². The van der Waals surface area contributed by atoms with Crippen molar-refractivity contribution in [2.45, 2.75) is 32.2 Å². The Hall–Kier alpha value is -3.09. The van der Waals surface area contributed by atoms with Gasteiger partial charge in [0.1, 0.15) is 12.4 Å². The van der Waals surface area contributed by atoms with E-state index >= 15 is 0 Å². The number of aromatic amines is 1. The van der Waals surface area contributed by atoms with Gasteiger partial charge in [0.25, 0.3) is 5.92 Å². The minimum atomic E-state index is -3.07. The van der Waals surface area contributed by atoms with Gasteiger partial charge in [0.05, 0.1) is 17.6 Å². The van der Waals surface area contributed by atoms with Gasteiger partial charge in [-0.3, -0.25) is 4.90 Å². The van der Waals surface area contributed by atoms with Crippen LogP contribution in [0.4, 0.5) is 8.78 Å². The third-order valence-corrected chi connectivity index (χ3v) is 6.47. The standard InChI is InChI=1S/C27H27F2N3O/c1-18-9-10-19(14-23(18)26-30-24-7-2-3-8-25(24)31-26)13-20-5-4-6-21-15-32(12-11-22(20)21)16-27(28,29)17-33/h2-10,14,33H,11-13,15-17H2,1H3,(H,30,31). The molecule has 0 bridgehead atoms. The van der Waals surface area contributed by atoms with Crippen molar-refractivity contribution in [1.29, 1.82) is 0 Å². The average Bonchev–Trinajstić information content (AvgIpc) is 3.24. The molecule has 0 unspecified atom stereocenters. The maximum absolute atomic E-state index is 13.7. The molecule has 5 rings (SSSR count). The number of hydrogen-bond donors (Lipinski definition) is 2. The molecule has 0 aliphatic carbocycles. The van der Waals surface area contributed by atoms with E-state index in [-0.39, 0.29) is 0 Å². The van der Waals surface area contributed by atoms with E-state index < -0.39 is 19.1 Å². The van der Waals surface area contributed by atoms with Crippen molar-refractivity contribution < 1.29 is 13.9 Å².